The Bertz CT molecular complexity index is 762. The molecule has 0 N–H and O–H groups in total. The maximum atomic E-state index is 12.8. The van der Waals surface area contributed by atoms with E-state index in [1.54, 1.807) is 22.4 Å². The summed E-state index contributed by atoms with van der Waals surface area (Å²) < 4.78 is 0. The number of aromatic nitrogens is 2. The van der Waals surface area contributed by atoms with Gasteiger partial charge in [-0.1, -0.05) is 6.07 Å². The zero-order valence-electron chi connectivity index (χ0n) is 15.2. The number of likely N-dealkylation sites (tertiary alicyclic amines) is 1. The first kappa shape index (κ1) is 18.5. The minimum atomic E-state index is -0.138. The Balaban J connectivity index is 1.56. The molecule has 6 nitrogen and oxygen atoms in total. The summed E-state index contributed by atoms with van der Waals surface area (Å²) in [6, 6.07) is 5.78. The summed E-state index contributed by atoms with van der Waals surface area (Å²) >= 11 is 1.59. The van der Waals surface area contributed by atoms with Gasteiger partial charge in [0.05, 0.1) is 23.2 Å². The Morgan fingerprint density at radius 1 is 1.38 bits per heavy atom. The van der Waals surface area contributed by atoms with Gasteiger partial charge < -0.3 is 9.80 Å². The van der Waals surface area contributed by atoms with Gasteiger partial charge in [-0.05, 0) is 25.5 Å². The van der Waals surface area contributed by atoms with Crippen LogP contribution >= 0.6 is 11.3 Å². The van der Waals surface area contributed by atoms with Crippen LogP contribution in [-0.2, 0) is 22.6 Å². The summed E-state index contributed by atoms with van der Waals surface area (Å²) in [7, 11) is 1.81. The molecule has 0 aromatic carbocycles. The second-order valence-corrected chi connectivity index (χ2v) is 7.76. The van der Waals surface area contributed by atoms with E-state index < -0.39 is 0 Å². The van der Waals surface area contributed by atoms with Crippen LogP contribution in [0.3, 0.4) is 0 Å². The van der Waals surface area contributed by atoms with E-state index in [0.29, 0.717) is 38.9 Å². The molecule has 1 saturated heterocycles. The lowest BCUT2D eigenvalue weighted by atomic mass is 9.95. The van der Waals surface area contributed by atoms with E-state index >= 15 is 0 Å². The quantitative estimate of drug-likeness (QED) is 0.780. The first-order valence-electron chi connectivity index (χ1n) is 8.86. The Morgan fingerprint density at radius 3 is 2.92 bits per heavy atom. The van der Waals surface area contributed by atoms with Crippen molar-refractivity contribution in [1.82, 2.24) is 19.8 Å². The molecule has 138 valence electrons. The summed E-state index contributed by atoms with van der Waals surface area (Å²) in [5.41, 5.74) is 1.88. The highest BCUT2D eigenvalue weighted by molar-refractivity contribution is 7.09. The van der Waals surface area contributed by atoms with Crippen molar-refractivity contribution >= 4 is 23.2 Å². The van der Waals surface area contributed by atoms with Crippen LogP contribution in [-0.4, -0.2) is 51.7 Å². The third-order valence-electron chi connectivity index (χ3n) is 4.66. The predicted molar refractivity (Wildman–Crippen MR) is 101 cm³/mol. The number of hydrogen-bond acceptors (Lipinski definition) is 5. The lowest BCUT2D eigenvalue weighted by Crippen LogP contribution is -2.46. The number of hydrogen-bond donors (Lipinski definition) is 0. The number of nitrogens with zero attached hydrogens (tertiary/aromatic N) is 4. The lowest BCUT2D eigenvalue weighted by Gasteiger charge is -2.33. The minimum absolute atomic E-state index is 0.0889. The van der Waals surface area contributed by atoms with Crippen molar-refractivity contribution in [3.8, 4) is 0 Å². The lowest BCUT2D eigenvalue weighted by molar-refractivity contribution is -0.142. The van der Waals surface area contributed by atoms with Crippen LogP contribution in [0, 0.1) is 12.8 Å². The molecule has 1 aliphatic heterocycles. The highest BCUT2D eigenvalue weighted by Gasteiger charge is 2.31. The minimum Gasteiger partial charge on any atom is -0.342 e. The van der Waals surface area contributed by atoms with Crippen molar-refractivity contribution in [3.63, 3.8) is 0 Å². The van der Waals surface area contributed by atoms with Gasteiger partial charge in [0, 0.05) is 50.2 Å². The van der Waals surface area contributed by atoms with Gasteiger partial charge >= 0.3 is 0 Å². The van der Waals surface area contributed by atoms with Gasteiger partial charge in [0.2, 0.25) is 11.8 Å². The third-order valence-corrected chi connectivity index (χ3v) is 5.48. The molecule has 2 aromatic rings. The van der Waals surface area contributed by atoms with Crippen LogP contribution in [0.1, 0.15) is 29.2 Å². The zero-order valence-corrected chi connectivity index (χ0v) is 16.0. The molecule has 26 heavy (non-hydrogen) atoms. The first-order chi connectivity index (χ1) is 12.5. The average Bonchev–Trinajstić information content (AvgIpc) is 3.06. The molecule has 0 radical (unpaired) electrons. The van der Waals surface area contributed by atoms with Crippen LogP contribution in [0.5, 0.6) is 0 Å². The number of rotatable bonds is 6. The second-order valence-electron chi connectivity index (χ2n) is 6.70. The predicted octanol–water partition coefficient (Wildman–Crippen LogP) is 2.29. The molecule has 0 spiro atoms. The van der Waals surface area contributed by atoms with E-state index in [1.165, 1.54) is 0 Å². The summed E-state index contributed by atoms with van der Waals surface area (Å²) in [5.74, 6) is 0.0786. The fourth-order valence-electron chi connectivity index (χ4n) is 3.24. The normalized spacial score (nSPS) is 17.4. The highest BCUT2D eigenvalue weighted by Crippen LogP contribution is 2.21. The van der Waals surface area contributed by atoms with Crippen LogP contribution in [0.15, 0.2) is 29.8 Å². The second kappa shape index (κ2) is 8.40. The molecule has 0 saturated carbocycles. The van der Waals surface area contributed by atoms with E-state index in [0.717, 1.165) is 16.4 Å². The highest BCUT2D eigenvalue weighted by atomic mass is 32.1. The van der Waals surface area contributed by atoms with Crippen molar-refractivity contribution in [2.45, 2.75) is 32.7 Å². The fourth-order valence-corrected chi connectivity index (χ4v) is 3.85. The molecule has 0 bridgehead atoms. The van der Waals surface area contributed by atoms with Crippen LogP contribution in [0.4, 0.5) is 0 Å². The molecular weight excluding hydrogens is 348 g/mol. The van der Waals surface area contributed by atoms with Crippen LogP contribution in [0.25, 0.3) is 0 Å². The van der Waals surface area contributed by atoms with Crippen LogP contribution < -0.4 is 0 Å². The van der Waals surface area contributed by atoms with E-state index in [-0.39, 0.29) is 17.7 Å². The van der Waals surface area contributed by atoms with Gasteiger partial charge in [0.1, 0.15) is 0 Å². The Morgan fingerprint density at radius 2 is 2.23 bits per heavy atom. The number of amides is 2. The smallest absolute Gasteiger partial charge is 0.227 e. The number of aryl methyl sites for hydroxylation is 1. The Labute approximate surface area is 157 Å². The summed E-state index contributed by atoms with van der Waals surface area (Å²) in [6.45, 7) is 3.57. The molecule has 7 heteroatoms. The van der Waals surface area contributed by atoms with E-state index in [4.69, 9.17) is 0 Å². The van der Waals surface area contributed by atoms with Gasteiger partial charge in [-0.3, -0.25) is 14.6 Å². The molecule has 0 unspecified atom stereocenters. The Hall–Kier alpha value is -2.28. The maximum Gasteiger partial charge on any atom is 0.227 e. The van der Waals surface area contributed by atoms with Crippen molar-refractivity contribution in [2.24, 2.45) is 5.92 Å². The molecule has 3 heterocycles. The molecule has 2 amide bonds. The molecule has 2 aromatic heterocycles. The molecule has 3 rings (SSSR count). The summed E-state index contributed by atoms with van der Waals surface area (Å²) in [5, 5.41) is 2.99. The Kier molecular flexibility index (Phi) is 5.98. The summed E-state index contributed by atoms with van der Waals surface area (Å²) in [6.07, 6.45) is 3.52. The van der Waals surface area contributed by atoms with E-state index in [1.807, 2.05) is 42.5 Å². The van der Waals surface area contributed by atoms with Crippen molar-refractivity contribution < 1.29 is 9.59 Å². The van der Waals surface area contributed by atoms with Gasteiger partial charge in [-0.15, -0.1) is 11.3 Å². The number of carbonyl (C=O) groups is 2. The van der Waals surface area contributed by atoms with Crippen molar-refractivity contribution in [2.75, 3.05) is 20.1 Å². The SMILES string of the molecule is Cc1nc(CN(C)C(=O)[C@@H]2CCC(=O)N(CCc3ccccn3)C2)cs1. The topological polar surface area (TPSA) is 66.4 Å². The molecule has 1 fully saturated rings. The monoisotopic (exact) mass is 372 g/mol. The fraction of sp³-hybridized carbons (Fsp3) is 0.474. The van der Waals surface area contributed by atoms with Gasteiger partial charge in [0.25, 0.3) is 0 Å². The number of carbonyl (C=O) groups excluding carboxylic acids is 2. The summed E-state index contributed by atoms with van der Waals surface area (Å²) in [4.78, 5) is 37.3. The molecular formula is C19H24N4O2S. The third kappa shape index (κ3) is 4.66. The first-order valence-corrected chi connectivity index (χ1v) is 9.74. The number of thiazole rings is 1. The van der Waals surface area contributed by atoms with Gasteiger partial charge in [-0.2, -0.15) is 0 Å². The van der Waals surface area contributed by atoms with Crippen LogP contribution in [0.2, 0.25) is 0 Å². The largest absolute Gasteiger partial charge is 0.342 e. The van der Waals surface area contributed by atoms with Gasteiger partial charge in [0.15, 0.2) is 0 Å². The van der Waals surface area contributed by atoms with E-state index in [9.17, 15) is 9.59 Å². The number of pyridine rings is 1. The van der Waals surface area contributed by atoms with E-state index in [2.05, 4.69) is 9.97 Å². The standard InChI is InChI=1S/C19H24N4O2S/c1-14-21-17(13-26-14)12-22(2)19(25)15-6-7-18(24)23(11-15)10-8-16-5-3-4-9-20-16/h3-5,9,13,15H,6-8,10-12H2,1-2H3/t15-/m1/s1. The molecule has 1 aliphatic rings. The average molecular weight is 372 g/mol. The van der Waals surface area contributed by atoms with Crippen molar-refractivity contribution in [3.05, 3.63) is 46.2 Å². The van der Waals surface area contributed by atoms with Crippen molar-refractivity contribution in [1.29, 1.82) is 0 Å². The van der Waals surface area contributed by atoms with Gasteiger partial charge in [-0.25, -0.2) is 4.98 Å². The molecule has 0 aliphatic carbocycles. The number of piperidine rings is 1. The zero-order chi connectivity index (χ0) is 18.5. The molecule has 1 atom stereocenters. The maximum absolute atomic E-state index is 12.8.